The Bertz CT molecular complexity index is 1830. The highest BCUT2D eigenvalue weighted by molar-refractivity contribution is 7.92. The van der Waals surface area contributed by atoms with E-state index in [2.05, 4.69) is 4.98 Å². The molecule has 14 heteroatoms. The van der Waals surface area contributed by atoms with Crippen LogP contribution in [0, 0.1) is 12.8 Å². The number of likely N-dealkylation sites (tertiary alicyclic amines) is 1. The highest BCUT2D eigenvalue weighted by atomic mass is 32.2. The van der Waals surface area contributed by atoms with Gasteiger partial charge < -0.3 is 19.9 Å². The van der Waals surface area contributed by atoms with E-state index in [1.165, 1.54) is 13.2 Å². The molecule has 1 amide bonds. The predicted molar refractivity (Wildman–Crippen MR) is 159 cm³/mol. The van der Waals surface area contributed by atoms with Crippen molar-refractivity contribution in [1.29, 1.82) is 0 Å². The molecule has 0 unspecified atom stereocenters. The van der Waals surface area contributed by atoms with Crippen molar-refractivity contribution in [1.82, 2.24) is 23.8 Å². The van der Waals surface area contributed by atoms with Gasteiger partial charge in [0.1, 0.15) is 22.8 Å². The lowest BCUT2D eigenvalue weighted by Crippen LogP contribution is -2.48. The van der Waals surface area contributed by atoms with Gasteiger partial charge in [-0.15, -0.1) is 0 Å². The van der Waals surface area contributed by atoms with E-state index in [1.54, 1.807) is 18.2 Å². The lowest BCUT2D eigenvalue weighted by Gasteiger charge is -2.36. The summed E-state index contributed by atoms with van der Waals surface area (Å²) in [7, 11) is -2.73. The van der Waals surface area contributed by atoms with Gasteiger partial charge in [-0.3, -0.25) is 9.20 Å². The number of hydrogen-bond acceptors (Lipinski definition) is 7. The maximum absolute atomic E-state index is 13.8. The highest BCUT2D eigenvalue weighted by Gasteiger charge is 2.32. The molecule has 5 heterocycles. The number of aryl methyl sites for hydroxylation is 1. The third-order valence-electron chi connectivity index (χ3n) is 8.42. The Morgan fingerprint density at radius 1 is 1.19 bits per heavy atom. The van der Waals surface area contributed by atoms with Crippen molar-refractivity contribution in [2.45, 2.75) is 64.7 Å². The van der Waals surface area contributed by atoms with Crippen molar-refractivity contribution in [2.24, 2.45) is 11.7 Å². The number of nitrogens with two attached hydrogens (primary N) is 1. The van der Waals surface area contributed by atoms with E-state index >= 15 is 0 Å². The third kappa shape index (κ3) is 5.30. The first-order valence-electron chi connectivity index (χ1n) is 14.3. The number of nitrogens with zero attached hydrogens (tertiary/aromatic N) is 6. The number of methoxy groups -OCH3 is 1. The normalized spacial score (nSPS) is 19.5. The van der Waals surface area contributed by atoms with Crippen LogP contribution in [-0.4, -0.2) is 76.7 Å². The van der Waals surface area contributed by atoms with Gasteiger partial charge in [0, 0.05) is 42.2 Å². The fraction of sp³-hybridized carbons (Fsp3) is 0.483. The summed E-state index contributed by atoms with van der Waals surface area (Å²) in [5.74, 6) is 0.369. The smallest absolute Gasteiger partial charge is 0.329 e. The minimum Gasteiger partial charge on any atom is -0.482 e. The van der Waals surface area contributed by atoms with Crippen LogP contribution in [0.25, 0.3) is 28.1 Å². The second-order valence-corrected chi connectivity index (χ2v) is 13.5. The van der Waals surface area contributed by atoms with E-state index in [0.29, 0.717) is 58.5 Å². The number of piperidine rings is 1. The molecule has 4 aromatic rings. The van der Waals surface area contributed by atoms with Gasteiger partial charge in [0.05, 0.1) is 24.8 Å². The Morgan fingerprint density at radius 2 is 1.93 bits per heavy atom. The molecular weight excluding hydrogens is 580 g/mol. The second kappa shape index (κ2) is 10.7. The van der Waals surface area contributed by atoms with Gasteiger partial charge in [-0.2, -0.15) is 13.1 Å². The van der Waals surface area contributed by atoms with Crippen LogP contribution in [0.5, 0.6) is 5.88 Å². The van der Waals surface area contributed by atoms with E-state index in [-0.39, 0.29) is 28.1 Å². The van der Waals surface area contributed by atoms with E-state index in [4.69, 9.17) is 15.5 Å². The zero-order valence-corrected chi connectivity index (χ0v) is 25.3. The van der Waals surface area contributed by atoms with Crippen molar-refractivity contribution >= 4 is 38.4 Å². The molecule has 2 aliphatic rings. The van der Waals surface area contributed by atoms with E-state index in [1.807, 2.05) is 33.8 Å². The van der Waals surface area contributed by atoms with Crippen molar-refractivity contribution in [2.75, 3.05) is 24.2 Å². The molecule has 0 bridgehead atoms. The molecule has 6 rings (SSSR count). The molecule has 1 saturated heterocycles. The number of sulfonamides is 1. The minimum atomic E-state index is -4.27. The van der Waals surface area contributed by atoms with Gasteiger partial charge in [-0.1, -0.05) is 0 Å². The quantitative estimate of drug-likeness (QED) is 0.297. The first kappa shape index (κ1) is 29.3. The average Bonchev–Trinajstić information content (AvgIpc) is 3.61. The summed E-state index contributed by atoms with van der Waals surface area (Å²) < 4.78 is 61.4. The fourth-order valence-electron chi connectivity index (χ4n) is 6.06. The largest absolute Gasteiger partial charge is 0.482 e. The van der Waals surface area contributed by atoms with Gasteiger partial charge in [0.2, 0.25) is 10.0 Å². The molecule has 43 heavy (non-hydrogen) atoms. The number of hydrogen-bond donors (Lipinski definition) is 1. The number of carbonyl (C=O) groups excluding carboxylic acids is 1. The molecule has 2 atom stereocenters. The Kier molecular flexibility index (Phi) is 7.32. The van der Waals surface area contributed by atoms with E-state index in [9.17, 15) is 22.0 Å². The summed E-state index contributed by atoms with van der Waals surface area (Å²) in [6, 6.07) is 8.31. The van der Waals surface area contributed by atoms with Crippen LogP contribution < -0.4 is 14.8 Å². The molecule has 1 aliphatic heterocycles. The number of amides is 1. The van der Waals surface area contributed by atoms with Crippen LogP contribution in [0.3, 0.4) is 0 Å². The topological polar surface area (TPSA) is 128 Å². The SMILES string of the molecule is COc1cc(C(=O)N2CC[C@H](N)C[C@H]2C)cc2nc(-c3cc4ccc(N(C(F)F)S(C)(=O)=O)nc4n3CC3CC3)c(C)n12. The highest BCUT2D eigenvalue weighted by Crippen LogP contribution is 2.38. The minimum absolute atomic E-state index is 0.00901. The molecule has 230 valence electrons. The zero-order chi connectivity index (χ0) is 30.8. The van der Waals surface area contributed by atoms with Crippen LogP contribution in [0.15, 0.2) is 30.3 Å². The first-order valence-corrected chi connectivity index (χ1v) is 16.1. The molecule has 1 aliphatic carbocycles. The molecule has 0 spiro atoms. The number of aromatic nitrogens is 4. The summed E-state index contributed by atoms with van der Waals surface area (Å²) in [5, 5.41) is 0.665. The maximum atomic E-state index is 13.8. The number of anilines is 1. The standard InChI is InChI=1S/C29H35F2N7O4S/c1-16-11-21(32)9-10-35(16)28(39)20-13-24-33-26(17(2)37(24)25(14-20)42-3)22-12-19-7-8-23(38(29(30)31)43(4,40)41)34-27(19)36(22)15-18-5-6-18/h7-8,12-14,16,18,21,29H,5-6,9-11,15,32H2,1-4H3/t16-,21+/m1/s1. The predicted octanol–water partition coefficient (Wildman–Crippen LogP) is 4.02. The fourth-order valence-corrected chi connectivity index (χ4v) is 6.79. The van der Waals surface area contributed by atoms with E-state index in [0.717, 1.165) is 37.6 Å². The van der Waals surface area contributed by atoms with Gasteiger partial charge in [0.25, 0.3) is 5.91 Å². The number of imidazole rings is 1. The number of halogens is 2. The molecule has 11 nitrogen and oxygen atoms in total. The van der Waals surface area contributed by atoms with Gasteiger partial charge in [-0.25, -0.2) is 18.4 Å². The molecule has 0 radical (unpaired) electrons. The lowest BCUT2D eigenvalue weighted by atomic mass is 9.98. The van der Waals surface area contributed by atoms with Crippen molar-refractivity contribution in [3.05, 3.63) is 41.6 Å². The summed E-state index contributed by atoms with van der Waals surface area (Å²) in [4.78, 5) is 24.8. The summed E-state index contributed by atoms with van der Waals surface area (Å²) in [6.07, 6.45) is 4.25. The van der Waals surface area contributed by atoms with Crippen LogP contribution >= 0.6 is 0 Å². The molecule has 0 aromatic carbocycles. The average molecular weight is 616 g/mol. The summed E-state index contributed by atoms with van der Waals surface area (Å²) in [5.41, 5.74) is 9.58. The first-order chi connectivity index (χ1) is 20.4. The second-order valence-electron chi connectivity index (χ2n) is 11.7. The summed E-state index contributed by atoms with van der Waals surface area (Å²) in [6.45, 7) is 1.77. The maximum Gasteiger partial charge on any atom is 0.329 e. The Hall–Kier alpha value is -3.78. The third-order valence-corrected chi connectivity index (χ3v) is 9.48. The Morgan fingerprint density at radius 3 is 2.56 bits per heavy atom. The lowest BCUT2D eigenvalue weighted by molar-refractivity contribution is 0.0618. The van der Waals surface area contributed by atoms with Crippen molar-refractivity contribution in [3.63, 3.8) is 0 Å². The van der Waals surface area contributed by atoms with Gasteiger partial charge >= 0.3 is 6.55 Å². The number of fused-ring (bicyclic) bond motifs is 2. The number of carbonyl (C=O) groups is 1. The number of pyridine rings is 2. The van der Waals surface area contributed by atoms with Crippen LogP contribution in [0.1, 0.15) is 48.7 Å². The number of rotatable bonds is 8. The van der Waals surface area contributed by atoms with Crippen LogP contribution in [-0.2, 0) is 16.6 Å². The molecule has 2 fully saturated rings. The Balaban J connectivity index is 1.48. The molecular formula is C29H35F2N7O4S. The van der Waals surface area contributed by atoms with Crippen molar-refractivity contribution < 1.29 is 26.7 Å². The van der Waals surface area contributed by atoms with Gasteiger partial charge in [0.15, 0.2) is 5.88 Å². The molecule has 4 aromatic heterocycles. The van der Waals surface area contributed by atoms with E-state index < -0.39 is 16.6 Å². The molecule has 2 N–H and O–H groups in total. The number of ether oxygens (including phenoxy) is 1. The Labute approximate surface area is 248 Å². The number of alkyl halides is 2. The van der Waals surface area contributed by atoms with Crippen LogP contribution in [0.2, 0.25) is 0 Å². The van der Waals surface area contributed by atoms with Gasteiger partial charge in [-0.05, 0) is 69.7 Å². The molecule has 1 saturated carbocycles. The summed E-state index contributed by atoms with van der Waals surface area (Å²) >= 11 is 0. The van der Waals surface area contributed by atoms with Crippen LogP contribution in [0.4, 0.5) is 14.6 Å². The van der Waals surface area contributed by atoms with Crippen molar-refractivity contribution in [3.8, 4) is 17.3 Å². The monoisotopic (exact) mass is 615 g/mol. The zero-order valence-electron chi connectivity index (χ0n) is 24.5.